The average Bonchev–Trinajstić information content (AvgIpc) is 3.11. The van der Waals surface area contributed by atoms with Gasteiger partial charge in [0, 0.05) is 29.4 Å². The summed E-state index contributed by atoms with van der Waals surface area (Å²) in [5, 5.41) is 1.96. The second kappa shape index (κ2) is 5.38. The number of aryl methyl sites for hydroxylation is 1. The zero-order valence-corrected chi connectivity index (χ0v) is 13.9. The third kappa shape index (κ3) is 2.39. The van der Waals surface area contributed by atoms with Crippen LogP contribution >= 0.6 is 11.3 Å². The van der Waals surface area contributed by atoms with Gasteiger partial charge in [0.2, 0.25) is 0 Å². The Hall–Kier alpha value is -2.34. The van der Waals surface area contributed by atoms with E-state index in [9.17, 15) is 4.79 Å². The molecule has 6 heteroatoms. The van der Waals surface area contributed by atoms with E-state index in [-0.39, 0.29) is 5.56 Å². The van der Waals surface area contributed by atoms with Crippen molar-refractivity contribution in [1.29, 1.82) is 0 Å². The van der Waals surface area contributed by atoms with Crippen molar-refractivity contribution in [1.82, 2.24) is 9.38 Å². The Kier molecular flexibility index (Phi) is 3.34. The Morgan fingerprint density at radius 2 is 2.22 bits per heavy atom. The fraction of sp³-hybridized carbons (Fsp3) is 0.294. The number of nitrogens with zero attached hydrogens (tertiary/aromatic N) is 3. The van der Waals surface area contributed by atoms with Crippen LogP contribution in [-0.2, 0) is 13.0 Å². The minimum absolute atomic E-state index is 0.00194. The number of methoxy groups -OCH3 is 1. The number of fused-ring (bicyclic) bond motifs is 2. The molecule has 1 aromatic carbocycles. The molecular weight excluding hydrogens is 310 g/mol. The first-order valence-corrected chi connectivity index (χ1v) is 8.42. The van der Waals surface area contributed by atoms with Gasteiger partial charge in [0.25, 0.3) is 5.56 Å². The number of hydrogen-bond donors (Lipinski definition) is 0. The minimum Gasteiger partial charge on any atom is -0.497 e. The van der Waals surface area contributed by atoms with Crippen molar-refractivity contribution in [2.45, 2.75) is 19.9 Å². The second-order valence-corrected chi connectivity index (χ2v) is 6.58. The van der Waals surface area contributed by atoms with E-state index in [1.165, 1.54) is 22.6 Å². The van der Waals surface area contributed by atoms with Crippen LogP contribution < -0.4 is 15.2 Å². The fourth-order valence-corrected chi connectivity index (χ4v) is 4.01. The van der Waals surface area contributed by atoms with Crippen molar-refractivity contribution < 1.29 is 4.74 Å². The molecule has 0 N–H and O–H groups in total. The number of ether oxygens (including phenoxy) is 1. The molecule has 0 fully saturated rings. The lowest BCUT2D eigenvalue weighted by Gasteiger charge is -2.19. The molecule has 5 nitrogen and oxygen atoms in total. The second-order valence-electron chi connectivity index (χ2n) is 5.75. The molecule has 0 radical (unpaired) electrons. The highest BCUT2D eigenvalue weighted by Gasteiger charge is 2.20. The first kappa shape index (κ1) is 14.3. The van der Waals surface area contributed by atoms with Crippen LogP contribution in [0.3, 0.4) is 0 Å². The summed E-state index contributed by atoms with van der Waals surface area (Å²) in [4.78, 5) is 20.0. The Labute approximate surface area is 137 Å². The monoisotopic (exact) mass is 327 g/mol. The highest BCUT2D eigenvalue weighted by molar-refractivity contribution is 7.15. The zero-order chi connectivity index (χ0) is 16.0. The van der Waals surface area contributed by atoms with Gasteiger partial charge in [0.1, 0.15) is 5.75 Å². The molecule has 0 saturated carbocycles. The largest absolute Gasteiger partial charge is 0.497 e. The zero-order valence-electron chi connectivity index (χ0n) is 13.1. The smallest absolute Gasteiger partial charge is 0.259 e. The molecule has 0 atom stereocenters. The number of aromatic nitrogens is 2. The molecular formula is C17H17N3O2S. The van der Waals surface area contributed by atoms with Crippen LogP contribution in [0.15, 0.2) is 34.4 Å². The molecule has 118 valence electrons. The van der Waals surface area contributed by atoms with Gasteiger partial charge < -0.3 is 9.64 Å². The van der Waals surface area contributed by atoms with Crippen LogP contribution in [0.4, 0.5) is 5.69 Å². The van der Waals surface area contributed by atoms with Gasteiger partial charge >= 0.3 is 0 Å². The van der Waals surface area contributed by atoms with Gasteiger partial charge in [-0.1, -0.05) is 0 Å². The van der Waals surface area contributed by atoms with Crippen molar-refractivity contribution in [2.75, 3.05) is 18.6 Å². The standard InChI is InChI=1S/C17H17N3O2S/c1-11-10-23-17-18-13(8-16(21)20(11)17)9-19-6-5-12-7-14(22-2)3-4-15(12)19/h3-4,7-8,10H,5-6,9H2,1-2H3. The summed E-state index contributed by atoms with van der Waals surface area (Å²) in [5.74, 6) is 0.887. The fourth-order valence-electron chi connectivity index (χ4n) is 3.12. The summed E-state index contributed by atoms with van der Waals surface area (Å²) < 4.78 is 6.95. The molecule has 3 heterocycles. The van der Waals surface area contributed by atoms with Gasteiger partial charge in [-0.05, 0) is 37.1 Å². The van der Waals surface area contributed by atoms with Crippen LogP contribution in [0.25, 0.3) is 4.96 Å². The maximum atomic E-state index is 12.3. The van der Waals surface area contributed by atoms with Crippen molar-refractivity contribution >= 4 is 22.0 Å². The van der Waals surface area contributed by atoms with Crippen LogP contribution in [-0.4, -0.2) is 23.0 Å². The number of anilines is 1. The summed E-state index contributed by atoms with van der Waals surface area (Å²) in [6.07, 6.45) is 0.992. The molecule has 0 aliphatic carbocycles. The van der Waals surface area contributed by atoms with E-state index in [1.807, 2.05) is 18.4 Å². The highest BCUT2D eigenvalue weighted by Crippen LogP contribution is 2.32. The lowest BCUT2D eigenvalue weighted by atomic mass is 10.1. The summed E-state index contributed by atoms with van der Waals surface area (Å²) >= 11 is 1.51. The molecule has 0 spiro atoms. The summed E-state index contributed by atoms with van der Waals surface area (Å²) in [6.45, 7) is 3.52. The highest BCUT2D eigenvalue weighted by atomic mass is 32.1. The van der Waals surface area contributed by atoms with Crippen molar-refractivity contribution in [3.05, 3.63) is 57.0 Å². The van der Waals surface area contributed by atoms with Gasteiger partial charge in [0.15, 0.2) is 4.96 Å². The van der Waals surface area contributed by atoms with E-state index in [0.29, 0.717) is 6.54 Å². The number of thiazole rings is 1. The topological polar surface area (TPSA) is 46.8 Å². The van der Waals surface area contributed by atoms with Crippen LogP contribution in [0.5, 0.6) is 5.75 Å². The first-order chi connectivity index (χ1) is 11.2. The van der Waals surface area contributed by atoms with Gasteiger partial charge in [-0.2, -0.15) is 0 Å². The van der Waals surface area contributed by atoms with E-state index in [0.717, 1.165) is 35.1 Å². The van der Waals surface area contributed by atoms with E-state index in [4.69, 9.17) is 4.74 Å². The Morgan fingerprint density at radius 3 is 3.04 bits per heavy atom. The van der Waals surface area contributed by atoms with Crippen molar-refractivity contribution in [3.63, 3.8) is 0 Å². The van der Waals surface area contributed by atoms with E-state index < -0.39 is 0 Å². The van der Waals surface area contributed by atoms with E-state index >= 15 is 0 Å². The predicted octanol–water partition coefficient (Wildman–Crippen LogP) is 2.64. The molecule has 0 bridgehead atoms. The summed E-state index contributed by atoms with van der Waals surface area (Å²) in [7, 11) is 1.68. The lowest BCUT2D eigenvalue weighted by molar-refractivity contribution is 0.414. The third-order valence-corrected chi connectivity index (χ3v) is 5.20. The molecule has 0 amide bonds. The molecule has 1 aliphatic heterocycles. The molecule has 3 aromatic rings. The van der Waals surface area contributed by atoms with Crippen molar-refractivity contribution in [2.24, 2.45) is 0 Å². The van der Waals surface area contributed by atoms with Crippen LogP contribution in [0.1, 0.15) is 17.0 Å². The molecule has 4 rings (SSSR count). The minimum atomic E-state index is -0.00194. The quantitative estimate of drug-likeness (QED) is 0.742. The summed E-state index contributed by atoms with van der Waals surface area (Å²) in [5.41, 5.74) is 4.25. The summed E-state index contributed by atoms with van der Waals surface area (Å²) in [6, 6.07) is 7.80. The normalized spacial score (nSPS) is 13.6. The van der Waals surface area contributed by atoms with Crippen LogP contribution in [0.2, 0.25) is 0 Å². The Balaban J connectivity index is 1.67. The first-order valence-electron chi connectivity index (χ1n) is 7.54. The van der Waals surface area contributed by atoms with Gasteiger partial charge in [-0.3, -0.25) is 9.20 Å². The third-order valence-electron chi connectivity index (χ3n) is 4.26. The Bertz CT molecular complexity index is 945. The maximum Gasteiger partial charge on any atom is 0.259 e. The van der Waals surface area contributed by atoms with Gasteiger partial charge in [0.05, 0.1) is 19.3 Å². The maximum absolute atomic E-state index is 12.3. The molecule has 0 saturated heterocycles. The van der Waals surface area contributed by atoms with E-state index in [1.54, 1.807) is 17.6 Å². The van der Waals surface area contributed by atoms with Gasteiger partial charge in [-0.25, -0.2) is 4.98 Å². The van der Waals surface area contributed by atoms with E-state index in [2.05, 4.69) is 22.0 Å². The van der Waals surface area contributed by atoms with Crippen LogP contribution in [0, 0.1) is 6.92 Å². The molecule has 1 aliphatic rings. The lowest BCUT2D eigenvalue weighted by Crippen LogP contribution is -2.23. The molecule has 23 heavy (non-hydrogen) atoms. The Morgan fingerprint density at radius 1 is 1.35 bits per heavy atom. The number of benzene rings is 1. The predicted molar refractivity (Wildman–Crippen MR) is 91.8 cm³/mol. The molecule has 0 unspecified atom stereocenters. The molecule has 2 aromatic heterocycles. The average molecular weight is 327 g/mol. The van der Waals surface area contributed by atoms with Crippen molar-refractivity contribution in [3.8, 4) is 5.75 Å². The van der Waals surface area contributed by atoms with Gasteiger partial charge in [-0.15, -0.1) is 11.3 Å². The SMILES string of the molecule is COc1ccc2c(c1)CCN2Cc1cc(=O)n2c(C)csc2n1. The number of rotatable bonds is 3. The number of hydrogen-bond acceptors (Lipinski definition) is 5.